The van der Waals surface area contributed by atoms with E-state index in [1.165, 1.54) is 11.8 Å². The first kappa shape index (κ1) is 20.9. The summed E-state index contributed by atoms with van der Waals surface area (Å²) in [7, 11) is 0. The lowest BCUT2D eigenvalue weighted by atomic mass is 9.79. The fourth-order valence-electron chi connectivity index (χ4n) is 4.07. The average molecular weight is 426 g/mol. The molecule has 1 amide bonds. The molecule has 152 valence electrons. The highest BCUT2D eigenvalue weighted by Crippen LogP contribution is 2.38. The first-order valence-electron chi connectivity index (χ1n) is 9.17. The van der Waals surface area contributed by atoms with Crippen molar-refractivity contribution in [1.29, 1.82) is 0 Å². The van der Waals surface area contributed by atoms with Crippen molar-refractivity contribution in [3.05, 3.63) is 46.0 Å². The van der Waals surface area contributed by atoms with Gasteiger partial charge in [0.25, 0.3) is 5.56 Å². The van der Waals surface area contributed by atoms with E-state index in [1.54, 1.807) is 13.0 Å². The molecule has 28 heavy (non-hydrogen) atoms. The molecule has 2 N–H and O–H groups in total. The quantitative estimate of drug-likeness (QED) is 0.718. The fraction of sp³-hybridized carbons (Fsp3) is 0.556. The topological polar surface area (TPSA) is 102 Å². The number of carbonyl (C=O) groups is 1. The Balaban J connectivity index is 0.00000225. The normalized spacial score (nSPS) is 22.8. The summed E-state index contributed by atoms with van der Waals surface area (Å²) in [6.45, 7) is 4.02. The molecular formula is C18H24ClN5O3S. The van der Waals surface area contributed by atoms with E-state index in [2.05, 4.69) is 20.8 Å². The van der Waals surface area contributed by atoms with Gasteiger partial charge in [-0.3, -0.25) is 9.59 Å². The molecule has 2 bridgehead atoms. The van der Waals surface area contributed by atoms with Gasteiger partial charge in [-0.15, -0.1) is 24.2 Å². The van der Waals surface area contributed by atoms with Crippen LogP contribution in [-0.2, 0) is 10.5 Å². The smallest absolute Gasteiger partial charge is 0.251 e. The van der Waals surface area contributed by atoms with Gasteiger partial charge < -0.3 is 19.7 Å². The van der Waals surface area contributed by atoms with Crippen LogP contribution < -0.4 is 16.2 Å². The zero-order valence-electron chi connectivity index (χ0n) is 15.6. The van der Waals surface area contributed by atoms with E-state index in [0.29, 0.717) is 41.6 Å². The van der Waals surface area contributed by atoms with Crippen LogP contribution in [0.4, 0.5) is 0 Å². The molecule has 0 aromatic carbocycles. The summed E-state index contributed by atoms with van der Waals surface area (Å²) >= 11 is 1.43. The van der Waals surface area contributed by atoms with E-state index in [9.17, 15) is 9.59 Å². The Kier molecular flexibility index (Phi) is 6.79. The van der Waals surface area contributed by atoms with Gasteiger partial charge in [0, 0.05) is 37.3 Å². The zero-order valence-corrected chi connectivity index (χ0v) is 17.2. The maximum atomic E-state index is 12.5. The van der Waals surface area contributed by atoms with E-state index in [-0.39, 0.29) is 29.9 Å². The molecule has 0 unspecified atom stereocenters. The summed E-state index contributed by atoms with van der Waals surface area (Å²) in [5, 5.41) is 10.2. The molecule has 2 aliphatic rings. The number of hydrogen-bond acceptors (Lipinski definition) is 7. The molecule has 0 aliphatic carbocycles. The number of nitrogens with one attached hydrogen (secondary N) is 2. The second kappa shape index (κ2) is 9.11. The van der Waals surface area contributed by atoms with E-state index < -0.39 is 0 Å². The Morgan fingerprint density at radius 1 is 1.43 bits per heavy atom. The number of fused-ring (bicyclic) bond motifs is 4. The lowest BCUT2D eigenvalue weighted by Gasteiger charge is -2.43. The molecular weight excluding hydrogens is 402 g/mol. The predicted molar refractivity (Wildman–Crippen MR) is 109 cm³/mol. The van der Waals surface area contributed by atoms with Crippen LogP contribution in [-0.4, -0.2) is 46.0 Å². The molecule has 2 aliphatic heterocycles. The van der Waals surface area contributed by atoms with Crippen molar-refractivity contribution in [1.82, 2.24) is 25.3 Å². The molecule has 2 aromatic heterocycles. The summed E-state index contributed by atoms with van der Waals surface area (Å²) in [5.41, 5.74) is 1.09. The third kappa shape index (κ3) is 4.42. The minimum absolute atomic E-state index is 0. The van der Waals surface area contributed by atoms with Crippen molar-refractivity contribution in [2.75, 3.05) is 25.4 Å². The Morgan fingerprint density at radius 2 is 2.29 bits per heavy atom. The van der Waals surface area contributed by atoms with Gasteiger partial charge in [-0.2, -0.15) is 4.98 Å². The summed E-state index contributed by atoms with van der Waals surface area (Å²) in [6.07, 6.45) is 1.06. The van der Waals surface area contributed by atoms with Gasteiger partial charge in [0.15, 0.2) is 5.82 Å². The number of aromatic nitrogens is 3. The molecule has 0 spiro atoms. The van der Waals surface area contributed by atoms with Gasteiger partial charge >= 0.3 is 0 Å². The largest absolute Gasteiger partial charge is 0.353 e. The highest BCUT2D eigenvalue weighted by Gasteiger charge is 2.37. The van der Waals surface area contributed by atoms with Gasteiger partial charge in [0.1, 0.15) is 0 Å². The van der Waals surface area contributed by atoms with Crippen LogP contribution in [0.3, 0.4) is 0 Å². The summed E-state index contributed by atoms with van der Waals surface area (Å²) in [6, 6.07) is 5.46. The van der Waals surface area contributed by atoms with Gasteiger partial charge in [-0.05, 0) is 25.3 Å². The Labute approximate surface area is 173 Å². The molecule has 8 nitrogen and oxygen atoms in total. The van der Waals surface area contributed by atoms with Crippen molar-refractivity contribution in [2.24, 2.45) is 5.92 Å². The van der Waals surface area contributed by atoms with Crippen LogP contribution in [0.15, 0.2) is 27.5 Å². The minimum Gasteiger partial charge on any atom is -0.353 e. The van der Waals surface area contributed by atoms with E-state index in [1.807, 2.05) is 16.7 Å². The first-order chi connectivity index (χ1) is 13.1. The van der Waals surface area contributed by atoms with E-state index in [0.717, 1.165) is 25.2 Å². The molecule has 2 aromatic rings. The van der Waals surface area contributed by atoms with Gasteiger partial charge in [-0.25, -0.2) is 0 Å². The van der Waals surface area contributed by atoms with Crippen molar-refractivity contribution >= 4 is 30.1 Å². The molecule has 4 heterocycles. The third-order valence-electron chi connectivity index (χ3n) is 5.24. The van der Waals surface area contributed by atoms with Crippen molar-refractivity contribution in [3.8, 4) is 0 Å². The van der Waals surface area contributed by atoms with Gasteiger partial charge in [0.05, 0.1) is 17.5 Å². The van der Waals surface area contributed by atoms with Crippen LogP contribution in [0, 0.1) is 12.8 Å². The highest BCUT2D eigenvalue weighted by molar-refractivity contribution is 7.99. The number of amides is 1. The number of pyridine rings is 1. The summed E-state index contributed by atoms with van der Waals surface area (Å²) < 4.78 is 6.94. The standard InChI is InChI=1S/C18H23N5O3S.ClH/c1-11-21-17(26-22-11)10-27-9-16(24)20-8-15-13-5-12(6-19-7-13)14-3-2-4-18(25)23(14)15;/h2-4,12-13,15,19H,5-10H2,1H3,(H,20,24);1H/t12-,13+,15+;/m1./s1. The number of carbonyl (C=O) groups excluding carboxylic acids is 1. The fourth-order valence-corrected chi connectivity index (χ4v) is 4.75. The van der Waals surface area contributed by atoms with Crippen molar-refractivity contribution in [3.63, 3.8) is 0 Å². The lowest BCUT2D eigenvalue weighted by molar-refractivity contribution is -0.118. The second-order valence-corrected chi connectivity index (χ2v) is 8.09. The number of nitrogens with zero attached hydrogens (tertiary/aromatic N) is 3. The monoisotopic (exact) mass is 425 g/mol. The first-order valence-corrected chi connectivity index (χ1v) is 10.3. The average Bonchev–Trinajstić information content (AvgIpc) is 3.07. The van der Waals surface area contributed by atoms with Crippen LogP contribution in [0.1, 0.15) is 35.8 Å². The molecule has 4 rings (SSSR count). The number of rotatable bonds is 6. The number of halogens is 1. The van der Waals surface area contributed by atoms with E-state index >= 15 is 0 Å². The number of piperidine rings is 1. The summed E-state index contributed by atoms with van der Waals surface area (Å²) in [4.78, 5) is 28.9. The molecule has 1 fully saturated rings. The summed E-state index contributed by atoms with van der Waals surface area (Å²) in [5.74, 6) is 2.62. The Morgan fingerprint density at radius 3 is 3.07 bits per heavy atom. The van der Waals surface area contributed by atoms with Gasteiger partial charge in [0.2, 0.25) is 11.8 Å². The van der Waals surface area contributed by atoms with Crippen LogP contribution in [0.2, 0.25) is 0 Å². The minimum atomic E-state index is -0.0485. The highest BCUT2D eigenvalue weighted by atomic mass is 35.5. The SMILES string of the molecule is Cc1noc(CSCC(=O)NC[C@H]2[C@@H]3CNC[C@@H](C3)c3cccc(=O)n32)n1.Cl. The van der Waals surface area contributed by atoms with E-state index in [4.69, 9.17) is 4.52 Å². The van der Waals surface area contributed by atoms with Gasteiger partial charge in [-0.1, -0.05) is 11.2 Å². The molecule has 0 radical (unpaired) electrons. The molecule has 1 saturated heterocycles. The maximum absolute atomic E-state index is 12.5. The Bertz CT molecular complexity index is 886. The Hall–Kier alpha value is -1.84. The van der Waals surface area contributed by atoms with Crippen LogP contribution in [0.5, 0.6) is 0 Å². The number of thioether (sulfide) groups is 1. The van der Waals surface area contributed by atoms with Crippen molar-refractivity contribution in [2.45, 2.75) is 31.1 Å². The van der Waals surface area contributed by atoms with Crippen molar-refractivity contribution < 1.29 is 9.32 Å². The molecule has 3 atom stereocenters. The van der Waals surface area contributed by atoms with Crippen LogP contribution in [0.25, 0.3) is 0 Å². The van der Waals surface area contributed by atoms with Crippen LogP contribution >= 0.6 is 24.2 Å². The second-order valence-electron chi connectivity index (χ2n) is 7.11. The zero-order chi connectivity index (χ0) is 18.8. The number of aryl methyl sites for hydroxylation is 1. The predicted octanol–water partition coefficient (Wildman–Crippen LogP) is 1.26. The lowest BCUT2D eigenvalue weighted by Crippen LogP contribution is -2.50. The third-order valence-corrected chi connectivity index (χ3v) is 6.15. The molecule has 0 saturated carbocycles. The molecule has 10 heteroatoms. The number of hydrogen-bond donors (Lipinski definition) is 2. The maximum Gasteiger partial charge on any atom is 0.251 e.